The second kappa shape index (κ2) is 10.1. The molecule has 1 aromatic heterocycles. The predicted octanol–water partition coefficient (Wildman–Crippen LogP) is 3.44. The fraction of sp³-hybridized carbons (Fsp3) is 0.316. The minimum Gasteiger partial charge on any atom is -0.457 e. The maximum Gasteiger partial charge on any atom is 0.306 e. The maximum absolute atomic E-state index is 12.1. The van der Waals surface area contributed by atoms with Crippen LogP contribution in [-0.2, 0) is 27.2 Å². The van der Waals surface area contributed by atoms with Crippen molar-refractivity contribution in [3.63, 3.8) is 0 Å². The fourth-order valence-electron chi connectivity index (χ4n) is 2.25. The monoisotopic (exact) mass is 393 g/mol. The van der Waals surface area contributed by atoms with E-state index in [-0.39, 0.29) is 24.7 Å². The number of carbonyl (C=O) groups is 3. The summed E-state index contributed by atoms with van der Waals surface area (Å²) in [6.45, 7) is 1.72. The molecule has 2 rings (SSSR count). The summed E-state index contributed by atoms with van der Waals surface area (Å²) >= 11 is 7.39. The van der Waals surface area contributed by atoms with Crippen molar-refractivity contribution in [1.29, 1.82) is 0 Å². The number of Topliss-reactive ketones (excluding diaryl/α,β-unsaturated/α-hetero) is 1. The molecule has 0 saturated heterocycles. The second-order valence-corrected chi connectivity index (χ2v) is 7.25. The molecule has 0 atom stereocenters. The lowest BCUT2D eigenvalue weighted by Gasteiger charge is -2.05. The van der Waals surface area contributed by atoms with Crippen molar-refractivity contribution in [2.45, 2.75) is 26.2 Å². The Kier molecular flexibility index (Phi) is 7.81. The Bertz CT molecular complexity index is 787. The predicted molar refractivity (Wildman–Crippen MR) is 102 cm³/mol. The average molecular weight is 394 g/mol. The second-order valence-electron chi connectivity index (χ2n) is 5.67. The summed E-state index contributed by atoms with van der Waals surface area (Å²) in [4.78, 5) is 36.3. The summed E-state index contributed by atoms with van der Waals surface area (Å²) in [6.07, 6.45) is 1.30. The Labute approximate surface area is 161 Å². The zero-order valence-electron chi connectivity index (χ0n) is 14.4. The van der Waals surface area contributed by atoms with Crippen LogP contribution in [0.25, 0.3) is 0 Å². The lowest BCUT2D eigenvalue weighted by molar-refractivity contribution is -0.142. The first-order chi connectivity index (χ1) is 12.5. The summed E-state index contributed by atoms with van der Waals surface area (Å²) in [6, 6.07) is 10.9. The van der Waals surface area contributed by atoms with Gasteiger partial charge in [0.1, 0.15) is 0 Å². The summed E-state index contributed by atoms with van der Waals surface area (Å²) in [7, 11) is 0. The van der Waals surface area contributed by atoms with E-state index in [4.69, 9.17) is 16.3 Å². The molecule has 1 aromatic carbocycles. The number of esters is 1. The van der Waals surface area contributed by atoms with Crippen LogP contribution in [0.2, 0.25) is 5.02 Å². The number of amides is 1. The number of hydrogen-bond acceptors (Lipinski definition) is 5. The molecule has 2 aromatic rings. The van der Waals surface area contributed by atoms with Crippen molar-refractivity contribution in [2.24, 2.45) is 0 Å². The van der Waals surface area contributed by atoms with Crippen molar-refractivity contribution >= 4 is 40.6 Å². The SMILES string of the molecule is CC(=O)NCCc1ccc(C(=O)COC(=O)CCc2ccccc2Cl)s1. The lowest BCUT2D eigenvalue weighted by Crippen LogP contribution is -2.22. The molecule has 0 fully saturated rings. The number of aryl methyl sites for hydroxylation is 1. The van der Waals surface area contributed by atoms with Gasteiger partial charge in [0, 0.05) is 29.8 Å². The molecule has 0 unspecified atom stereocenters. The van der Waals surface area contributed by atoms with E-state index >= 15 is 0 Å². The third-order valence-electron chi connectivity index (χ3n) is 3.60. The van der Waals surface area contributed by atoms with E-state index in [9.17, 15) is 14.4 Å². The zero-order valence-corrected chi connectivity index (χ0v) is 16.0. The van der Waals surface area contributed by atoms with E-state index in [0.29, 0.717) is 29.3 Å². The third-order valence-corrected chi connectivity index (χ3v) is 5.16. The molecule has 5 nitrogen and oxygen atoms in total. The number of benzene rings is 1. The fourth-order valence-corrected chi connectivity index (χ4v) is 3.41. The minimum absolute atomic E-state index is 0.0819. The zero-order chi connectivity index (χ0) is 18.9. The molecule has 1 N–H and O–H groups in total. The van der Waals surface area contributed by atoms with Gasteiger partial charge in [0.05, 0.1) is 4.88 Å². The van der Waals surface area contributed by atoms with E-state index < -0.39 is 5.97 Å². The van der Waals surface area contributed by atoms with Crippen molar-refractivity contribution in [2.75, 3.05) is 13.2 Å². The van der Waals surface area contributed by atoms with Crippen molar-refractivity contribution in [3.8, 4) is 0 Å². The number of carbonyl (C=O) groups excluding carboxylic acids is 3. The molecule has 0 aliphatic rings. The van der Waals surface area contributed by atoms with Crippen LogP contribution in [0.3, 0.4) is 0 Å². The number of rotatable bonds is 9. The molecule has 0 aliphatic heterocycles. The molecule has 0 bridgehead atoms. The van der Waals surface area contributed by atoms with Gasteiger partial charge in [0.15, 0.2) is 6.61 Å². The van der Waals surface area contributed by atoms with Crippen LogP contribution in [0.4, 0.5) is 0 Å². The first-order valence-electron chi connectivity index (χ1n) is 8.21. The molecule has 1 heterocycles. The van der Waals surface area contributed by atoms with Gasteiger partial charge >= 0.3 is 5.97 Å². The standard InChI is InChI=1S/C19H20ClNO4S/c1-13(22)21-11-10-15-7-8-18(26-15)17(23)12-25-19(24)9-6-14-4-2-3-5-16(14)20/h2-5,7-8H,6,9-12H2,1H3,(H,21,22). The quantitative estimate of drug-likeness (QED) is 0.523. The molecule has 138 valence electrons. The van der Waals surface area contributed by atoms with Crippen molar-refractivity contribution < 1.29 is 19.1 Å². The van der Waals surface area contributed by atoms with E-state index in [1.54, 1.807) is 12.1 Å². The van der Waals surface area contributed by atoms with Crippen molar-refractivity contribution in [3.05, 3.63) is 56.7 Å². The molecule has 26 heavy (non-hydrogen) atoms. The van der Waals surface area contributed by atoms with Crippen LogP contribution in [0, 0.1) is 0 Å². The summed E-state index contributed by atoms with van der Waals surface area (Å²) in [5.74, 6) is -0.742. The molecule has 7 heteroatoms. The van der Waals surface area contributed by atoms with Crippen LogP contribution in [0.15, 0.2) is 36.4 Å². The minimum atomic E-state index is -0.430. The Morgan fingerprint density at radius 2 is 1.88 bits per heavy atom. The summed E-state index contributed by atoms with van der Waals surface area (Å²) in [5.41, 5.74) is 0.875. The van der Waals surface area contributed by atoms with Crippen LogP contribution in [0.5, 0.6) is 0 Å². The summed E-state index contributed by atoms with van der Waals surface area (Å²) in [5, 5.41) is 3.32. The van der Waals surface area contributed by atoms with E-state index in [0.717, 1.165) is 10.4 Å². The first-order valence-corrected chi connectivity index (χ1v) is 9.40. The Hall–Kier alpha value is -2.18. The smallest absolute Gasteiger partial charge is 0.306 e. The van der Waals surface area contributed by atoms with Gasteiger partial charge in [-0.15, -0.1) is 11.3 Å². The van der Waals surface area contributed by atoms with Crippen LogP contribution >= 0.6 is 22.9 Å². The molecule has 0 radical (unpaired) electrons. The van der Waals surface area contributed by atoms with Gasteiger partial charge in [-0.25, -0.2) is 0 Å². The van der Waals surface area contributed by atoms with Gasteiger partial charge in [-0.05, 0) is 36.6 Å². The lowest BCUT2D eigenvalue weighted by atomic mass is 10.1. The van der Waals surface area contributed by atoms with E-state index in [1.165, 1.54) is 18.3 Å². The highest BCUT2D eigenvalue weighted by molar-refractivity contribution is 7.14. The highest BCUT2D eigenvalue weighted by Gasteiger charge is 2.13. The maximum atomic E-state index is 12.1. The Morgan fingerprint density at radius 1 is 1.12 bits per heavy atom. The van der Waals surface area contributed by atoms with Crippen LogP contribution in [-0.4, -0.2) is 30.8 Å². The number of thiophene rings is 1. The molecule has 0 aliphatic carbocycles. The van der Waals surface area contributed by atoms with Gasteiger partial charge in [0.2, 0.25) is 11.7 Å². The van der Waals surface area contributed by atoms with Crippen LogP contribution < -0.4 is 5.32 Å². The van der Waals surface area contributed by atoms with E-state index in [2.05, 4.69) is 5.32 Å². The van der Waals surface area contributed by atoms with Crippen LogP contribution in [0.1, 0.15) is 33.5 Å². The normalized spacial score (nSPS) is 10.4. The third kappa shape index (κ3) is 6.61. The van der Waals surface area contributed by atoms with Gasteiger partial charge < -0.3 is 10.1 Å². The highest BCUT2D eigenvalue weighted by atomic mass is 35.5. The van der Waals surface area contributed by atoms with Gasteiger partial charge in [-0.1, -0.05) is 29.8 Å². The highest BCUT2D eigenvalue weighted by Crippen LogP contribution is 2.18. The number of ether oxygens (including phenoxy) is 1. The van der Waals surface area contributed by atoms with Gasteiger partial charge in [-0.3, -0.25) is 14.4 Å². The number of nitrogens with one attached hydrogen (secondary N) is 1. The molecule has 0 spiro atoms. The topological polar surface area (TPSA) is 72.5 Å². The van der Waals surface area contributed by atoms with Gasteiger partial charge in [0.25, 0.3) is 0 Å². The summed E-state index contributed by atoms with van der Waals surface area (Å²) < 4.78 is 5.06. The van der Waals surface area contributed by atoms with E-state index in [1.807, 2.05) is 24.3 Å². The Morgan fingerprint density at radius 3 is 2.62 bits per heavy atom. The molecule has 1 amide bonds. The first kappa shape index (κ1) is 20.1. The number of hydrogen-bond donors (Lipinski definition) is 1. The molecular weight excluding hydrogens is 374 g/mol. The van der Waals surface area contributed by atoms with Crippen molar-refractivity contribution in [1.82, 2.24) is 5.32 Å². The average Bonchev–Trinajstić information content (AvgIpc) is 3.07. The Balaban J connectivity index is 1.74. The van der Waals surface area contributed by atoms with Gasteiger partial charge in [-0.2, -0.15) is 0 Å². The largest absolute Gasteiger partial charge is 0.457 e. The molecule has 0 saturated carbocycles. The molecular formula is C19H20ClNO4S. The number of ketones is 1. The number of halogens is 1.